The summed E-state index contributed by atoms with van der Waals surface area (Å²) in [7, 11) is 0. The molecule has 1 amide bonds. The summed E-state index contributed by atoms with van der Waals surface area (Å²) >= 11 is 0. The smallest absolute Gasteiger partial charge is 0.240 e. The summed E-state index contributed by atoms with van der Waals surface area (Å²) in [5, 5.41) is 9.03. The number of aliphatic hydroxyl groups is 1. The van der Waals surface area contributed by atoms with E-state index in [0.717, 1.165) is 25.8 Å². The van der Waals surface area contributed by atoms with Crippen molar-refractivity contribution in [3.63, 3.8) is 0 Å². The van der Waals surface area contributed by atoms with E-state index in [-0.39, 0.29) is 18.6 Å². The SMILES string of the molecule is CCN(C(=O)CN(CCO)C(C)C)C1=CCCC1. The van der Waals surface area contributed by atoms with Crippen LogP contribution >= 0.6 is 0 Å². The fourth-order valence-electron chi connectivity index (χ4n) is 2.35. The Hall–Kier alpha value is -0.870. The highest BCUT2D eigenvalue weighted by molar-refractivity contribution is 5.80. The van der Waals surface area contributed by atoms with Gasteiger partial charge in [-0.1, -0.05) is 6.08 Å². The summed E-state index contributed by atoms with van der Waals surface area (Å²) in [5.41, 5.74) is 1.18. The lowest BCUT2D eigenvalue weighted by Crippen LogP contribution is -2.43. The molecule has 0 saturated carbocycles. The maximum absolute atomic E-state index is 12.3. The van der Waals surface area contributed by atoms with Crippen LogP contribution in [-0.4, -0.2) is 53.1 Å². The van der Waals surface area contributed by atoms with E-state index in [4.69, 9.17) is 5.11 Å². The topological polar surface area (TPSA) is 43.8 Å². The molecule has 0 bridgehead atoms. The van der Waals surface area contributed by atoms with Crippen molar-refractivity contribution in [2.45, 2.75) is 46.1 Å². The summed E-state index contributed by atoms with van der Waals surface area (Å²) in [6.07, 6.45) is 5.43. The largest absolute Gasteiger partial charge is 0.395 e. The van der Waals surface area contributed by atoms with Crippen LogP contribution in [0.3, 0.4) is 0 Å². The van der Waals surface area contributed by atoms with Crippen LogP contribution in [0.4, 0.5) is 0 Å². The van der Waals surface area contributed by atoms with Gasteiger partial charge in [0.25, 0.3) is 0 Å². The first-order valence-electron chi connectivity index (χ1n) is 6.94. The number of carbonyl (C=O) groups excluding carboxylic acids is 1. The Kier molecular flexibility index (Phi) is 6.36. The molecule has 0 aromatic heterocycles. The molecule has 104 valence electrons. The molecule has 0 aromatic rings. The second kappa shape index (κ2) is 7.54. The van der Waals surface area contributed by atoms with Crippen LogP contribution in [0, 0.1) is 0 Å². The van der Waals surface area contributed by atoms with Gasteiger partial charge < -0.3 is 10.0 Å². The van der Waals surface area contributed by atoms with Crippen molar-refractivity contribution in [1.82, 2.24) is 9.80 Å². The van der Waals surface area contributed by atoms with E-state index in [1.165, 1.54) is 5.70 Å². The molecular weight excluding hydrogens is 228 g/mol. The van der Waals surface area contributed by atoms with Gasteiger partial charge in [0.15, 0.2) is 0 Å². The van der Waals surface area contributed by atoms with E-state index < -0.39 is 0 Å². The van der Waals surface area contributed by atoms with Gasteiger partial charge in [0.1, 0.15) is 0 Å². The number of nitrogens with zero attached hydrogens (tertiary/aromatic N) is 2. The Bertz CT molecular complexity index is 300. The third-order valence-electron chi connectivity index (χ3n) is 3.44. The first kappa shape index (κ1) is 15.2. The van der Waals surface area contributed by atoms with Crippen LogP contribution in [0.5, 0.6) is 0 Å². The van der Waals surface area contributed by atoms with Gasteiger partial charge in [-0.2, -0.15) is 0 Å². The molecule has 1 aliphatic carbocycles. The third-order valence-corrected chi connectivity index (χ3v) is 3.44. The molecule has 18 heavy (non-hydrogen) atoms. The number of hydrogen-bond acceptors (Lipinski definition) is 3. The third kappa shape index (κ3) is 4.10. The number of likely N-dealkylation sites (N-methyl/N-ethyl adjacent to an activating group) is 1. The molecule has 1 N–H and O–H groups in total. The zero-order valence-corrected chi connectivity index (χ0v) is 11.9. The number of allylic oxidation sites excluding steroid dienone is 2. The van der Waals surface area contributed by atoms with Crippen molar-refractivity contribution in [2.24, 2.45) is 0 Å². The van der Waals surface area contributed by atoms with Gasteiger partial charge >= 0.3 is 0 Å². The van der Waals surface area contributed by atoms with Crippen LogP contribution in [-0.2, 0) is 4.79 Å². The van der Waals surface area contributed by atoms with E-state index in [1.54, 1.807) is 0 Å². The van der Waals surface area contributed by atoms with Crippen molar-refractivity contribution in [2.75, 3.05) is 26.2 Å². The number of amides is 1. The zero-order chi connectivity index (χ0) is 13.5. The first-order chi connectivity index (χ1) is 8.60. The minimum Gasteiger partial charge on any atom is -0.395 e. The normalized spacial score (nSPS) is 15.3. The van der Waals surface area contributed by atoms with Gasteiger partial charge in [-0.05, 0) is 40.0 Å². The minimum atomic E-state index is 0.0975. The lowest BCUT2D eigenvalue weighted by atomic mass is 10.2. The number of rotatable bonds is 7. The van der Waals surface area contributed by atoms with Crippen LogP contribution in [0.2, 0.25) is 0 Å². The molecule has 0 radical (unpaired) electrons. The second-order valence-electron chi connectivity index (χ2n) is 5.01. The lowest BCUT2D eigenvalue weighted by molar-refractivity contribution is -0.131. The highest BCUT2D eigenvalue weighted by atomic mass is 16.3. The van der Waals surface area contributed by atoms with Crippen molar-refractivity contribution < 1.29 is 9.90 Å². The van der Waals surface area contributed by atoms with Crippen molar-refractivity contribution in [3.8, 4) is 0 Å². The maximum atomic E-state index is 12.3. The molecule has 0 saturated heterocycles. The quantitative estimate of drug-likeness (QED) is 0.750. The highest BCUT2D eigenvalue weighted by Gasteiger charge is 2.21. The fraction of sp³-hybridized carbons (Fsp3) is 0.786. The molecule has 1 rings (SSSR count). The molecule has 0 heterocycles. The van der Waals surface area contributed by atoms with Crippen LogP contribution < -0.4 is 0 Å². The van der Waals surface area contributed by atoms with Crippen molar-refractivity contribution >= 4 is 5.91 Å². The molecule has 1 aliphatic rings. The van der Waals surface area contributed by atoms with Gasteiger partial charge in [0.05, 0.1) is 13.2 Å². The standard InChI is InChI=1S/C14H26N2O2/c1-4-16(13-7-5-6-8-13)14(18)11-15(9-10-17)12(2)3/h7,12,17H,4-6,8-11H2,1-3H3. The summed E-state index contributed by atoms with van der Waals surface area (Å²) in [6.45, 7) is 7.89. The Morgan fingerprint density at radius 2 is 2.22 bits per heavy atom. The van der Waals surface area contributed by atoms with Crippen molar-refractivity contribution in [3.05, 3.63) is 11.8 Å². The Morgan fingerprint density at radius 1 is 1.50 bits per heavy atom. The maximum Gasteiger partial charge on any atom is 0.240 e. The molecule has 0 aromatic carbocycles. The number of aliphatic hydroxyl groups excluding tert-OH is 1. The van der Waals surface area contributed by atoms with Crippen LogP contribution in [0.25, 0.3) is 0 Å². The molecule has 4 nitrogen and oxygen atoms in total. The molecule has 0 spiro atoms. The van der Waals surface area contributed by atoms with Gasteiger partial charge in [0.2, 0.25) is 5.91 Å². The van der Waals surface area contributed by atoms with Crippen LogP contribution in [0.15, 0.2) is 11.8 Å². The first-order valence-corrected chi connectivity index (χ1v) is 6.94. The summed E-state index contributed by atoms with van der Waals surface area (Å²) in [4.78, 5) is 16.2. The van der Waals surface area contributed by atoms with E-state index in [1.807, 2.05) is 30.6 Å². The Labute approximate surface area is 110 Å². The fourth-order valence-corrected chi connectivity index (χ4v) is 2.35. The zero-order valence-electron chi connectivity index (χ0n) is 11.9. The second-order valence-corrected chi connectivity index (χ2v) is 5.01. The Morgan fingerprint density at radius 3 is 2.67 bits per heavy atom. The predicted molar refractivity (Wildman–Crippen MR) is 73.1 cm³/mol. The van der Waals surface area contributed by atoms with E-state index >= 15 is 0 Å². The number of carbonyl (C=O) groups is 1. The predicted octanol–water partition coefficient (Wildman–Crippen LogP) is 1.61. The lowest BCUT2D eigenvalue weighted by Gasteiger charge is -2.29. The average Bonchev–Trinajstić information content (AvgIpc) is 2.83. The Balaban J connectivity index is 2.60. The van der Waals surface area contributed by atoms with Crippen molar-refractivity contribution in [1.29, 1.82) is 0 Å². The monoisotopic (exact) mass is 254 g/mol. The summed E-state index contributed by atoms with van der Waals surface area (Å²) in [6, 6.07) is 0.275. The molecule has 4 heteroatoms. The summed E-state index contributed by atoms with van der Waals surface area (Å²) in [5.74, 6) is 0.146. The van der Waals surface area contributed by atoms with Gasteiger partial charge in [-0.3, -0.25) is 9.69 Å². The van der Waals surface area contributed by atoms with E-state index in [9.17, 15) is 4.79 Å². The average molecular weight is 254 g/mol. The molecule has 0 fully saturated rings. The molecular formula is C14H26N2O2. The minimum absolute atomic E-state index is 0.0975. The van der Waals surface area contributed by atoms with E-state index in [0.29, 0.717) is 13.1 Å². The number of hydrogen-bond donors (Lipinski definition) is 1. The molecule has 0 aliphatic heterocycles. The van der Waals surface area contributed by atoms with Gasteiger partial charge in [-0.25, -0.2) is 0 Å². The van der Waals surface area contributed by atoms with Gasteiger partial charge in [0, 0.05) is 24.8 Å². The molecule has 0 atom stereocenters. The van der Waals surface area contributed by atoms with Gasteiger partial charge in [-0.15, -0.1) is 0 Å². The van der Waals surface area contributed by atoms with E-state index in [2.05, 4.69) is 6.08 Å². The highest BCUT2D eigenvalue weighted by Crippen LogP contribution is 2.21. The molecule has 0 unspecified atom stereocenters. The summed E-state index contributed by atoms with van der Waals surface area (Å²) < 4.78 is 0. The van der Waals surface area contributed by atoms with Crippen LogP contribution in [0.1, 0.15) is 40.0 Å².